The SMILES string of the molecule is C=CC(=O)Nc1cccc(S(=O)(=O)c2ccc(C)cc2)c1. The first-order valence-electron chi connectivity index (χ1n) is 6.29. The Morgan fingerprint density at radius 2 is 1.76 bits per heavy atom. The Bertz CT molecular complexity index is 777. The van der Waals surface area contributed by atoms with Crippen LogP contribution in [-0.2, 0) is 14.6 Å². The largest absolute Gasteiger partial charge is 0.322 e. The summed E-state index contributed by atoms with van der Waals surface area (Å²) in [6, 6.07) is 12.8. The summed E-state index contributed by atoms with van der Waals surface area (Å²) in [4.78, 5) is 11.6. The summed E-state index contributed by atoms with van der Waals surface area (Å²) < 4.78 is 25.0. The van der Waals surface area contributed by atoms with E-state index in [1.54, 1.807) is 36.4 Å². The smallest absolute Gasteiger partial charge is 0.247 e. The van der Waals surface area contributed by atoms with E-state index >= 15 is 0 Å². The highest BCUT2D eigenvalue weighted by Crippen LogP contribution is 2.23. The Morgan fingerprint density at radius 3 is 2.38 bits per heavy atom. The predicted molar refractivity (Wildman–Crippen MR) is 81.9 cm³/mol. The highest BCUT2D eigenvalue weighted by molar-refractivity contribution is 7.91. The normalized spacial score (nSPS) is 10.9. The number of nitrogens with one attached hydrogen (secondary N) is 1. The number of carbonyl (C=O) groups is 1. The number of anilines is 1. The Balaban J connectivity index is 2.40. The molecule has 0 spiro atoms. The molecule has 0 fully saturated rings. The second-order valence-corrected chi connectivity index (χ2v) is 6.49. The molecule has 1 amide bonds. The van der Waals surface area contributed by atoms with Gasteiger partial charge in [0.25, 0.3) is 0 Å². The van der Waals surface area contributed by atoms with Crippen molar-refractivity contribution in [2.45, 2.75) is 16.7 Å². The number of carbonyl (C=O) groups excluding carboxylic acids is 1. The molecule has 0 radical (unpaired) electrons. The van der Waals surface area contributed by atoms with E-state index in [4.69, 9.17) is 0 Å². The number of sulfone groups is 1. The maximum atomic E-state index is 12.5. The van der Waals surface area contributed by atoms with Crippen LogP contribution in [0, 0.1) is 6.92 Å². The quantitative estimate of drug-likeness (QED) is 0.883. The number of hydrogen-bond donors (Lipinski definition) is 1. The maximum absolute atomic E-state index is 12.5. The summed E-state index contributed by atoms with van der Waals surface area (Å²) in [5.74, 6) is -0.389. The molecular weight excluding hydrogens is 286 g/mol. The molecule has 2 aromatic carbocycles. The fourth-order valence-corrected chi connectivity index (χ4v) is 3.09. The first-order valence-corrected chi connectivity index (χ1v) is 7.77. The van der Waals surface area contributed by atoms with Gasteiger partial charge in [-0.3, -0.25) is 4.79 Å². The van der Waals surface area contributed by atoms with Crippen molar-refractivity contribution in [1.82, 2.24) is 0 Å². The average molecular weight is 301 g/mol. The molecule has 0 atom stereocenters. The molecule has 5 heteroatoms. The highest BCUT2D eigenvalue weighted by atomic mass is 32.2. The highest BCUT2D eigenvalue weighted by Gasteiger charge is 2.17. The van der Waals surface area contributed by atoms with Crippen LogP contribution in [0.1, 0.15) is 5.56 Å². The van der Waals surface area contributed by atoms with E-state index < -0.39 is 9.84 Å². The van der Waals surface area contributed by atoms with Gasteiger partial charge in [0.05, 0.1) is 9.79 Å². The van der Waals surface area contributed by atoms with Crippen LogP contribution in [0.3, 0.4) is 0 Å². The Kier molecular flexibility index (Phi) is 4.23. The molecule has 2 rings (SSSR count). The number of aryl methyl sites for hydroxylation is 1. The van der Waals surface area contributed by atoms with Gasteiger partial charge in [-0.25, -0.2) is 8.42 Å². The fraction of sp³-hybridized carbons (Fsp3) is 0.0625. The lowest BCUT2D eigenvalue weighted by atomic mass is 10.2. The third-order valence-corrected chi connectivity index (χ3v) is 4.70. The van der Waals surface area contributed by atoms with Gasteiger partial charge in [-0.1, -0.05) is 30.3 Å². The number of amides is 1. The van der Waals surface area contributed by atoms with Crippen molar-refractivity contribution in [1.29, 1.82) is 0 Å². The van der Waals surface area contributed by atoms with Crippen molar-refractivity contribution < 1.29 is 13.2 Å². The number of hydrogen-bond acceptors (Lipinski definition) is 3. The van der Waals surface area contributed by atoms with Gasteiger partial charge in [-0.2, -0.15) is 0 Å². The third kappa shape index (κ3) is 3.38. The maximum Gasteiger partial charge on any atom is 0.247 e. The molecular formula is C16H15NO3S. The summed E-state index contributed by atoms with van der Waals surface area (Å²) in [5, 5.41) is 2.54. The van der Waals surface area contributed by atoms with Crippen LogP contribution < -0.4 is 5.32 Å². The minimum atomic E-state index is -3.60. The van der Waals surface area contributed by atoms with E-state index in [-0.39, 0.29) is 15.7 Å². The van der Waals surface area contributed by atoms with Crippen LogP contribution in [0.15, 0.2) is 71.0 Å². The first kappa shape index (κ1) is 15.0. The molecule has 0 unspecified atom stereocenters. The standard InChI is InChI=1S/C16H15NO3S/c1-3-16(18)17-13-5-4-6-15(11-13)21(19,20)14-9-7-12(2)8-10-14/h3-11H,1H2,2H3,(H,17,18). The zero-order valence-corrected chi connectivity index (χ0v) is 12.4. The molecule has 21 heavy (non-hydrogen) atoms. The molecule has 0 aliphatic rings. The second-order valence-electron chi connectivity index (χ2n) is 4.54. The zero-order chi connectivity index (χ0) is 15.5. The molecule has 0 aliphatic heterocycles. The van der Waals surface area contributed by atoms with Crippen molar-refractivity contribution in [3.05, 3.63) is 66.7 Å². The topological polar surface area (TPSA) is 63.2 Å². The van der Waals surface area contributed by atoms with E-state index in [0.717, 1.165) is 11.6 Å². The average Bonchev–Trinajstić information content (AvgIpc) is 2.48. The monoisotopic (exact) mass is 301 g/mol. The van der Waals surface area contributed by atoms with Crippen LogP contribution in [-0.4, -0.2) is 14.3 Å². The Hall–Kier alpha value is -2.40. The molecule has 108 valence electrons. The van der Waals surface area contributed by atoms with E-state index in [1.807, 2.05) is 6.92 Å². The van der Waals surface area contributed by atoms with Gasteiger partial charge < -0.3 is 5.32 Å². The van der Waals surface area contributed by atoms with Crippen LogP contribution in [0.25, 0.3) is 0 Å². The van der Waals surface area contributed by atoms with Crippen LogP contribution in [0.2, 0.25) is 0 Å². The van der Waals surface area contributed by atoms with Gasteiger partial charge >= 0.3 is 0 Å². The van der Waals surface area contributed by atoms with E-state index in [1.165, 1.54) is 12.1 Å². The lowest BCUT2D eigenvalue weighted by molar-refractivity contribution is -0.111. The van der Waals surface area contributed by atoms with E-state index in [2.05, 4.69) is 11.9 Å². The Morgan fingerprint density at radius 1 is 1.10 bits per heavy atom. The van der Waals surface area contributed by atoms with Gasteiger partial charge in [0, 0.05) is 5.69 Å². The molecule has 0 saturated heterocycles. The van der Waals surface area contributed by atoms with Crippen molar-refractivity contribution >= 4 is 21.4 Å². The third-order valence-electron chi connectivity index (χ3n) is 2.93. The molecule has 0 heterocycles. The molecule has 0 saturated carbocycles. The minimum absolute atomic E-state index is 0.133. The fourth-order valence-electron chi connectivity index (χ4n) is 1.79. The van der Waals surface area contributed by atoms with Gasteiger partial charge in [0.15, 0.2) is 0 Å². The van der Waals surface area contributed by atoms with Gasteiger partial charge in [0.2, 0.25) is 15.7 Å². The van der Waals surface area contributed by atoms with Crippen molar-refractivity contribution in [2.75, 3.05) is 5.32 Å². The summed E-state index contributed by atoms with van der Waals surface area (Å²) >= 11 is 0. The van der Waals surface area contributed by atoms with E-state index in [0.29, 0.717) is 5.69 Å². The molecule has 0 bridgehead atoms. The molecule has 1 N–H and O–H groups in total. The van der Waals surface area contributed by atoms with E-state index in [9.17, 15) is 13.2 Å². The molecule has 0 aliphatic carbocycles. The van der Waals surface area contributed by atoms with Crippen molar-refractivity contribution in [3.63, 3.8) is 0 Å². The lowest BCUT2D eigenvalue weighted by Gasteiger charge is -2.08. The molecule has 4 nitrogen and oxygen atoms in total. The summed E-state index contributed by atoms with van der Waals surface area (Å²) in [7, 11) is -3.60. The van der Waals surface area contributed by atoms with Crippen molar-refractivity contribution in [2.24, 2.45) is 0 Å². The van der Waals surface area contributed by atoms with Gasteiger partial charge in [-0.05, 0) is 43.3 Å². The minimum Gasteiger partial charge on any atom is -0.322 e. The second kappa shape index (κ2) is 5.93. The van der Waals surface area contributed by atoms with Gasteiger partial charge in [0.1, 0.15) is 0 Å². The molecule has 0 aromatic heterocycles. The zero-order valence-electron chi connectivity index (χ0n) is 11.5. The van der Waals surface area contributed by atoms with Crippen LogP contribution in [0.5, 0.6) is 0 Å². The van der Waals surface area contributed by atoms with Gasteiger partial charge in [-0.15, -0.1) is 0 Å². The summed E-state index contributed by atoms with van der Waals surface area (Å²) in [6.07, 6.45) is 1.13. The molecule has 2 aromatic rings. The summed E-state index contributed by atoms with van der Waals surface area (Å²) in [5.41, 5.74) is 1.40. The predicted octanol–water partition coefficient (Wildman–Crippen LogP) is 2.95. The van der Waals surface area contributed by atoms with Crippen molar-refractivity contribution in [3.8, 4) is 0 Å². The lowest BCUT2D eigenvalue weighted by Crippen LogP contribution is -2.08. The first-order chi connectivity index (χ1) is 9.93. The number of rotatable bonds is 4. The summed E-state index contributed by atoms with van der Waals surface area (Å²) in [6.45, 7) is 5.24. The Labute approximate surface area is 124 Å². The van der Waals surface area contributed by atoms with Crippen LogP contribution in [0.4, 0.5) is 5.69 Å². The van der Waals surface area contributed by atoms with Crippen LogP contribution >= 0.6 is 0 Å². The number of benzene rings is 2.